The Kier molecular flexibility index (Phi) is 4.42. The van der Waals surface area contributed by atoms with Crippen molar-refractivity contribution in [3.63, 3.8) is 0 Å². The number of hydrogen-bond donors (Lipinski definition) is 2. The molecular formula is C14H16N2O5. The minimum Gasteiger partial charge on any atom is -0.493 e. The number of methoxy groups -OCH3 is 2. The Hall–Kier alpha value is -2.57. The average Bonchev–Trinajstić information content (AvgIpc) is 2.49. The van der Waals surface area contributed by atoms with Crippen LogP contribution in [-0.4, -0.2) is 38.0 Å². The summed E-state index contributed by atoms with van der Waals surface area (Å²) in [6, 6.07) is 4.16. The molecule has 0 bridgehead atoms. The maximum atomic E-state index is 12.3. The van der Waals surface area contributed by atoms with Crippen LogP contribution in [0.1, 0.15) is 23.2 Å². The Morgan fingerprint density at radius 1 is 1.29 bits per heavy atom. The molecule has 1 aliphatic heterocycles. The van der Waals surface area contributed by atoms with E-state index in [1.165, 1.54) is 14.2 Å². The number of amides is 3. The van der Waals surface area contributed by atoms with Crippen molar-refractivity contribution >= 4 is 17.7 Å². The highest BCUT2D eigenvalue weighted by atomic mass is 16.5. The lowest BCUT2D eigenvalue weighted by molar-refractivity contribution is -0.134. The van der Waals surface area contributed by atoms with Crippen molar-refractivity contribution < 1.29 is 23.9 Å². The number of carbonyl (C=O) groups excluding carboxylic acids is 3. The number of benzene rings is 1. The molecule has 0 radical (unpaired) electrons. The molecule has 3 amide bonds. The van der Waals surface area contributed by atoms with Crippen LogP contribution in [0, 0.1) is 0 Å². The molecule has 7 heteroatoms. The van der Waals surface area contributed by atoms with Crippen LogP contribution in [-0.2, 0) is 9.59 Å². The lowest BCUT2D eigenvalue weighted by atomic mass is 10.1. The van der Waals surface area contributed by atoms with E-state index >= 15 is 0 Å². The Morgan fingerprint density at radius 2 is 2.05 bits per heavy atom. The number of nitrogens with one attached hydrogen (secondary N) is 2. The molecule has 0 aromatic heterocycles. The highest BCUT2D eigenvalue weighted by Crippen LogP contribution is 2.30. The van der Waals surface area contributed by atoms with Gasteiger partial charge in [-0.25, -0.2) is 0 Å². The number of para-hydroxylation sites is 1. The summed E-state index contributed by atoms with van der Waals surface area (Å²) < 4.78 is 10.3. The van der Waals surface area contributed by atoms with Gasteiger partial charge < -0.3 is 14.8 Å². The third kappa shape index (κ3) is 3.13. The zero-order chi connectivity index (χ0) is 15.4. The molecule has 0 saturated carbocycles. The van der Waals surface area contributed by atoms with Crippen molar-refractivity contribution in [1.82, 2.24) is 10.6 Å². The van der Waals surface area contributed by atoms with Gasteiger partial charge in [-0.2, -0.15) is 0 Å². The van der Waals surface area contributed by atoms with Crippen LogP contribution in [0.2, 0.25) is 0 Å². The largest absolute Gasteiger partial charge is 0.493 e. The molecule has 0 spiro atoms. The minimum atomic E-state index is -0.730. The summed E-state index contributed by atoms with van der Waals surface area (Å²) in [6.07, 6.45) is 0.481. The highest BCUT2D eigenvalue weighted by Gasteiger charge is 2.29. The van der Waals surface area contributed by atoms with Crippen molar-refractivity contribution in [2.24, 2.45) is 0 Å². The van der Waals surface area contributed by atoms with Gasteiger partial charge in [-0.05, 0) is 18.6 Å². The molecule has 1 aromatic carbocycles. The van der Waals surface area contributed by atoms with Gasteiger partial charge in [0, 0.05) is 6.42 Å². The van der Waals surface area contributed by atoms with E-state index in [9.17, 15) is 14.4 Å². The fourth-order valence-corrected chi connectivity index (χ4v) is 2.13. The molecule has 0 aliphatic carbocycles. The predicted molar refractivity (Wildman–Crippen MR) is 73.2 cm³/mol. The van der Waals surface area contributed by atoms with E-state index in [1.807, 2.05) is 0 Å². The third-order valence-corrected chi connectivity index (χ3v) is 3.19. The average molecular weight is 292 g/mol. The third-order valence-electron chi connectivity index (χ3n) is 3.19. The molecule has 21 heavy (non-hydrogen) atoms. The van der Waals surface area contributed by atoms with E-state index < -0.39 is 17.9 Å². The number of rotatable bonds is 4. The standard InChI is InChI=1S/C14H16N2O5/c1-20-10-5-3-4-8(12(10)21-2)13(18)15-9-6-7-11(17)16-14(9)19/h3-5,9H,6-7H2,1-2H3,(H,15,18)(H,16,17,19). The van der Waals surface area contributed by atoms with Gasteiger partial charge in [0.25, 0.3) is 5.91 Å². The maximum Gasteiger partial charge on any atom is 0.255 e. The number of carbonyl (C=O) groups is 3. The van der Waals surface area contributed by atoms with Crippen molar-refractivity contribution in [2.45, 2.75) is 18.9 Å². The van der Waals surface area contributed by atoms with Gasteiger partial charge in [-0.15, -0.1) is 0 Å². The molecular weight excluding hydrogens is 276 g/mol. The first-order chi connectivity index (χ1) is 10.1. The first-order valence-corrected chi connectivity index (χ1v) is 6.42. The number of imide groups is 1. The second kappa shape index (κ2) is 6.25. The van der Waals surface area contributed by atoms with E-state index in [-0.39, 0.29) is 24.3 Å². The lowest BCUT2D eigenvalue weighted by Crippen LogP contribution is -2.52. The molecule has 1 aliphatic rings. The molecule has 7 nitrogen and oxygen atoms in total. The van der Waals surface area contributed by atoms with E-state index in [0.717, 1.165) is 0 Å². The Morgan fingerprint density at radius 3 is 2.67 bits per heavy atom. The molecule has 1 unspecified atom stereocenters. The lowest BCUT2D eigenvalue weighted by Gasteiger charge is -2.22. The zero-order valence-corrected chi connectivity index (χ0v) is 11.8. The summed E-state index contributed by atoms with van der Waals surface area (Å²) in [5.41, 5.74) is 0.265. The van der Waals surface area contributed by atoms with Crippen LogP contribution in [0.15, 0.2) is 18.2 Å². The van der Waals surface area contributed by atoms with Crippen LogP contribution < -0.4 is 20.1 Å². The first-order valence-electron chi connectivity index (χ1n) is 6.42. The van der Waals surface area contributed by atoms with Gasteiger partial charge in [0.05, 0.1) is 19.8 Å². The van der Waals surface area contributed by atoms with Crippen LogP contribution in [0.5, 0.6) is 11.5 Å². The SMILES string of the molecule is COc1cccc(C(=O)NC2CCC(=O)NC2=O)c1OC. The summed E-state index contributed by atoms with van der Waals surface area (Å²) in [5, 5.41) is 4.78. The van der Waals surface area contributed by atoms with Gasteiger partial charge in [-0.1, -0.05) is 6.07 Å². The topological polar surface area (TPSA) is 93.7 Å². The fraction of sp³-hybridized carbons (Fsp3) is 0.357. The molecule has 2 N–H and O–H groups in total. The summed E-state index contributed by atoms with van der Waals surface area (Å²) in [6.45, 7) is 0. The van der Waals surface area contributed by atoms with Crippen LogP contribution in [0.4, 0.5) is 0 Å². The van der Waals surface area contributed by atoms with Gasteiger partial charge >= 0.3 is 0 Å². The molecule has 112 valence electrons. The van der Waals surface area contributed by atoms with Crippen molar-refractivity contribution in [1.29, 1.82) is 0 Å². The van der Waals surface area contributed by atoms with Crippen LogP contribution in [0.25, 0.3) is 0 Å². The van der Waals surface area contributed by atoms with Gasteiger partial charge in [0.2, 0.25) is 11.8 Å². The Balaban J connectivity index is 2.17. The van der Waals surface area contributed by atoms with Gasteiger partial charge in [0.15, 0.2) is 11.5 Å². The summed E-state index contributed by atoms with van der Waals surface area (Å²) in [5.74, 6) is -0.565. The number of ether oxygens (including phenoxy) is 2. The summed E-state index contributed by atoms with van der Waals surface area (Å²) in [7, 11) is 2.90. The second-order valence-electron chi connectivity index (χ2n) is 4.52. The molecule has 1 aromatic rings. The minimum absolute atomic E-state index is 0.200. The quantitative estimate of drug-likeness (QED) is 0.775. The zero-order valence-electron chi connectivity index (χ0n) is 11.8. The van der Waals surface area contributed by atoms with E-state index in [1.54, 1.807) is 18.2 Å². The number of hydrogen-bond acceptors (Lipinski definition) is 5. The monoisotopic (exact) mass is 292 g/mol. The highest BCUT2D eigenvalue weighted by molar-refractivity contribution is 6.04. The van der Waals surface area contributed by atoms with E-state index in [4.69, 9.17) is 9.47 Å². The van der Waals surface area contributed by atoms with Crippen molar-refractivity contribution in [3.8, 4) is 11.5 Å². The van der Waals surface area contributed by atoms with E-state index in [0.29, 0.717) is 11.5 Å². The summed E-state index contributed by atoms with van der Waals surface area (Å²) >= 11 is 0. The first kappa shape index (κ1) is 14.8. The van der Waals surface area contributed by atoms with Crippen molar-refractivity contribution in [3.05, 3.63) is 23.8 Å². The summed E-state index contributed by atoms with van der Waals surface area (Å²) in [4.78, 5) is 35.0. The maximum absolute atomic E-state index is 12.3. The Bertz CT molecular complexity index is 585. The molecule has 1 fully saturated rings. The normalized spacial score (nSPS) is 17.9. The second-order valence-corrected chi connectivity index (χ2v) is 4.52. The van der Waals surface area contributed by atoms with Crippen molar-refractivity contribution in [2.75, 3.05) is 14.2 Å². The number of piperidine rings is 1. The Labute approximate surface area is 121 Å². The van der Waals surface area contributed by atoms with E-state index in [2.05, 4.69) is 10.6 Å². The fourth-order valence-electron chi connectivity index (χ4n) is 2.13. The molecule has 2 rings (SSSR count). The van der Waals surface area contributed by atoms with Gasteiger partial charge in [0.1, 0.15) is 6.04 Å². The van der Waals surface area contributed by atoms with Crippen LogP contribution in [0.3, 0.4) is 0 Å². The van der Waals surface area contributed by atoms with Crippen LogP contribution >= 0.6 is 0 Å². The predicted octanol–water partition coefficient (Wildman–Crippen LogP) is 0.239. The molecule has 1 atom stereocenters. The molecule has 1 saturated heterocycles. The molecule has 1 heterocycles. The van der Waals surface area contributed by atoms with Gasteiger partial charge in [-0.3, -0.25) is 19.7 Å². The smallest absolute Gasteiger partial charge is 0.255 e.